The van der Waals surface area contributed by atoms with Crippen molar-refractivity contribution in [2.75, 3.05) is 0 Å². The van der Waals surface area contributed by atoms with Crippen LogP contribution in [0.25, 0.3) is 0 Å². The van der Waals surface area contributed by atoms with Crippen molar-refractivity contribution in [3.63, 3.8) is 0 Å². The average Bonchev–Trinajstić information content (AvgIpc) is 2.67. The van der Waals surface area contributed by atoms with Crippen LogP contribution in [0.3, 0.4) is 0 Å². The van der Waals surface area contributed by atoms with Gasteiger partial charge in [0.15, 0.2) is 0 Å². The summed E-state index contributed by atoms with van der Waals surface area (Å²) in [6.07, 6.45) is 30.7. The molecule has 0 heterocycles. The van der Waals surface area contributed by atoms with E-state index < -0.39 is 0 Å². The third-order valence-electron chi connectivity index (χ3n) is 6.49. The van der Waals surface area contributed by atoms with Gasteiger partial charge in [0.05, 0.1) is 0 Å². The van der Waals surface area contributed by atoms with Crippen molar-refractivity contribution < 1.29 is 0 Å². The molecule has 0 radical (unpaired) electrons. The van der Waals surface area contributed by atoms with Crippen molar-refractivity contribution in [1.29, 1.82) is 0 Å². The molecule has 0 bridgehead atoms. The fourth-order valence-electron chi connectivity index (χ4n) is 4.32. The monoisotopic (exact) mass is 380 g/mol. The Hall–Kier alpha value is 0. The molecule has 27 heavy (non-hydrogen) atoms. The third kappa shape index (κ3) is 22.2. The summed E-state index contributed by atoms with van der Waals surface area (Å²) in [7, 11) is 0. The standard InChI is InChI=1S/C27H56/c1-5-7-22-26(3)24-20-18-16-14-12-10-9-11-13-15-17-19-21-25-27(4)23-8-6-2/h26-27H,5-25H2,1-4H3. The highest BCUT2D eigenvalue weighted by Gasteiger charge is 2.02. The highest BCUT2D eigenvalue weighted by Crippen LogP contribution is 2.19. The molecular weight excluding hydrogens is 324 g/mol. The maximum absolute atomic E-state index is 2.45. The van der Waals surface area contributed by atoms with Crippen LogP contribution in [0.15, 0.2) is 0 Å². The van der Waals surface area contributed by atoms with Crippen LogP contribution in [0.5, 0.6) is 0 Å². The fourth-order valence-corrected chi connectivity index (χ4v) is 4.32. The molecule has 164 valence electrons. The van der Waals surface area contributed by atoms with Gasteiger partial charge in [-0.15, -0.1) is 0 Å². The largest absolute Gasteiger partial charge is 0.0654 e. The summed E-state index contributed by atoms with van der Waals surface area (Å²) >= 11 is 0. The van der Waals surface area contributed by atoms with Crippen LogP contribution in [0.1, 0.15) is 163 Å². The molecule has 0 aromatic rings. The molecule has 0 saturated carbocycles. The van der Waals surface area contributed by atoms with E-state index in [4.69, 9.17) is 0 Å². The molecule has 0 aromatic carbocycles. The van der Waals surface area contributed by atoms with Gasteiger partial charge in [0.2, 0.25) is 0 Å². The minimum absolute atomic E-state index is 0.967. The molecule has 0 aromatic heterocycles. The van der Waals surface area contributed by atoms with E-state index in [2.05, 4.69) is 27.7 Å². The number of rotatable bonds is 22. The Labute approximate surface area is 174 Å². The zero-order valence-corrected chi connectivity index (χ0v) is 20.0. The molecule has 2 unspecified atom stereocenters. The highest BCUT2D eigenvalue weighted by atomic mass is 14.1. The molecule has 0 fully saturated rings. The molecule has 0 aliphatic heterocycles. The topological polar surface area (TPSA) is 0 Å². The second-order valence-corrected chi connectivity index (χ2v) is 9.67. The van der Waals surface area contributed by atoms with Crippen LogP contribution in [-0.4, -0.2) is 0 Å². The molecule has 0 N–H and O–H groups in total. The second kappa shape index (κ2) is 22.3. The van der Waals surface area contributed by atoms with Gasteiger partial charge < -0.3 is 0 Å². The Morgan fingerprint density at radius 1 is 0.333 bits per heavy atom. The first-order valence-corrected chi connectivity index (χ1v) is 13.2. The molecule has 0 rings (SSSR count). The lowest BCUT2D eigenvalue weighted by molar-refractivity contribution is 0.438. The molecule has 2 atom stereocenters. The summed E-state index contributed by atoms with van der Waals surface area (Å²) in [6.45, 7) is 9.51. The van der Waals surface area contributed by atoms with Gasteiger partial charge in [0.25, 0.3) is 0 Å². The van der Waals surface area contributed by atoms with Crippen molar-refractivity contribution in [2.45, 2.75) is 163 Å². The molecule has 0 aliphatic rings. The van der Waals surface area contributed by atoms with E-state index in [0.29, 0.717) is 0 Å². The van der Waals surface area contributed by atoms with E-state index in [9.17, 15) is 0 Å². The van der Waals surface area contributed by atoms with Gasteiger partial charge >= 0.3 is 0 Å². The van der Waals surface area contributed by atoms with Crippen molar-refractivity contribution in [2.24, 2.45) is 11.8 Å². The third-order valence-corrected chi connectivity index (χ3v) is 6.49. The Morgan fingerprint density at radius 2 is 0.556 bits per heavy atom. The van der Waals surface area contributed by atoms with E-state index in [1.807, 2.05) is 0 Å². The van der Waals surface area contributed by atoms with Crippen LogP contribution < -0.4 is 0 Å². The van der Waals surface area contributed by atoms with E-state index in [1.54, 1.807) is 0 Å². The van der Waals surface area contributed by atoms with Gasteiger partial charge in [0.1, 0.15) is 0 Å². The summed E-state index contributed by atoms with van der Waals surface area (Å²) in [5.74, 6) is 1.93. The van der Waals surface area contributed by atoms with E-state index in [1.165, 1.54) is 135 Å². The zero-order chi connectivity index (χ0) is 20.0. The molecule has 0 spiro atoms. The van der Waals surface area contributed by atoms with Crippen molar-refractivity contribution in [3.8, 4) is 0 Å². The summed E-state index contributed by atoms with van der Waals surface area (Å²) in [4.78, 5) is 0. The Balaban J connectivity index is 3.11. The Morgan fingerprint density at radius 3 is 0.815 bits per heavy atom. The summed E-state index contributed by atoms with van der Waals surface area (Å²) < 4.78 is 0. The van der Waals surface area contributed by atoms with Crippen molar-refractivity contribution >= 4 is 0 Å². The van der Waals surface area contributed by atoms with E-state index >= 15 is 0 Å². The van der Waals surface area contributed by atoms with Gasteiger partial charge in [-0.05, 0) is 11.8 Å². The molecule has 0 heteroatoms. The summed E-state index contributed by atoms with van der Waals surface area (Å²) in [6, 6.07) is 0. The lowest BCUT2D eigenvalue weighted by atomic mass is 9.96. The number of hydrogen-bond donors (Lipinski definition) is 0. The van der Waals surface area contributed by atoms with Crippen LogP contribution in [0.2, 0.25) is 0 Å². The zero-order valence-electron chi connectivity index (χ0n) is 20.0. The van der Waals surface area contributed by atoms with E-state index in [0.717, 1.165) is 11.8 Å². The molecule has 0 nitrogen and oxygen atoms in total. The van der Waals surface area contributed by atoms with Gasteiger partial charge in [-0.1, -0.05) is 163 Å². The predicted octanol–water partition coefficient (Wildman–Crippen LogP) is 10.5. The first kappa shape index (κ1) is 27.0. The van der Waals surface area contributed by atoms with Crippen LogP contribution in [0, 0.1) is 11.8 Å². The first-order chi connectivity index (χ1) is 13.2. The SMILES string of the molecule is CCCCC(C)CCCCCCCCCCCCCCCC(C)CCCC. The maximum Gasteiger partial charge on any atom is -0.0443 e. The second-order valence-electron chi connectivity index (χ2n) is 9.67. The van der Waals surface area contributed by atoms with Crippen molar-refractivity contribution in [3.05, 3.63) is 0 Å². The normalized spacial score (nSPS) is 13.8. The Kier molecular flexibility index (Phi) is 22.3. The minimum Gasteiger partial charge on any atom is -0.0654 e. The smallest absolute Gasteiger partial charge is 0.0443 e. The maximum atomic E-state index is 2.45. The lowest BCUT2D eigenvalue weighted by Gasteiger charge is -2.10. The van der Waals surface area contributed by atoms with Gasteiger partial charge in [-0.3, -0.25) is 0 Å². The van der Waals surface area contributed by atoms with Gasteiger partial charge in [0, 0.05) is 0 Å². The Bertz CT molecular complexity index is 231. The molecule has 0 saturated heterocycles. The number of hydrogen-bond acceptors (Lipinski definition) is 0. The van der Waals surface area contributed by atoms with Crippen LogP contribution in [0.4, 0.5) is 0 Å². The molecule has 0 aliphatic carbocycles. The van der Waals surface area contributed by atoms with Crippen molar-refractivity contribution in [1.82, 2.24) is 0 Å². The predicted molar refractivity (Wildman–Crippen MR) is 127 cm³/mol. The average molecular weight is 381 g/mol. The lowest BCUT2D eigenvalue weighted by Crippen LogP contribution is -1.94. The molecule has 0 amide bonds. The quantitative estimate of drug-likeness (QED) is 0.164. The van der Waals surface area contributed by atoms with Gasteiger partial charge in [-0.2, -0.15) is 0 Å². The highest BCUT2D eigenvalue weighted by molar-refractivity contribution is 4.56. The summed E-state index contributed by atoms with van der Waals surface area (Å²) in [5.41, 5.74) is 0. The fraction of sp³-hybridized carbons (Fsp3) is 1.00. The van der Waals surface area contributed by atoms with Crippen LogP contribution in [-0.2, 0) is 0 Å². The van der Waals surface area contributed by atoms with E-state index in [-0.39, 0.29) is 0 Å². The van der Waals surface area contributed by atoms with Crippen LogP contribution >= 0.6 is 0 Å². The van der Waals surface area contributed by atoms with Gasteiger partial charge in [-0.25, -0.2) is 0 Å². The summed E-state index contributed by atoms with van der Waals surface area (Å²) in [5, 5.41) is 0. The minimum atomic E-state index is 0.967. The first-order valence-electron chi connectivity index (χ1n) is 13.2. The molecular formula is C27H56. The number of unbranched alkanes of at least 4 members (excludes halogenated alkanes) is 14.